The average Bonchev–Trinajstić information content (AvgIpc) is 2.80. The highest BCUT2D eigenvalue weighted by molar-refractivity contribution is 5.66. The van der Waals surface area contributed by atoms with Crippen LogP contribution in [-0.4, -0.2) is 32.9 Å². The number of nitrogens with zero attached hydrogens (tertiary/aromatic N) is 4. The van der Waals surface area contributed by atoms with Crippen molar-refractivity contribution in [3.63, 3.8) is 0 Å². The van der Waals surface area contributed by atoms with Crippen molar-refractivity contribution in [2.45, 2.75) is 13.3 Å². The van der Waals surface area contributed by atoms with E-state index in [1.54, 1.807) is 6.20 Å². The number of nitrogen functional groups attached to an aromatic ring is 1. The third-order valence-electron chi connectivity index (χ3n) is 2.72. The third kappa shape index (κ3) is 3.12. The molecule has 0 fully saturated rings. The van der Waals surface area contributed by atoms with Gasteiger partial charge in [0.15, 0.2) is 5.82 Å². The van der Waals surface area contributed by atoms with E-state index in [-0.39, 0.29) is 0 Å². The van der Waals surface area contributed by atoms with E-state index in [1.165, 1.54) is 6.33 Å². The molecule has 0 saturated carbocycles. The zero-order valence-electron chi connectivity index (χ0n) is 11.1. The minimum absolute atomic E-state index is 0.417. The Morgan fingerprint density at radius 1 is 1.42 bits per heavy atom. The summed E-state index contributed by atoms with van der Waals surface area (Å²) in [5.74, 6) is 1.01. The molecule has 19 heavy (non-hydrogen) atoms. The fourth-order valence-electron chi connectivity index (χ4n) is 1.73. The lowest BCUT2D eigenvalue weighted by atomic mass is 10.3. The molecule has 0 unspecified atom stereocenters. The highest BCUT2D eigenvalue weighted by atomic mass is 16.5. The summed E-state index contributed by atoms with van der Waals surface area (Å²) in [5, 5.41) is 7.30. The Kier molecular flexibility index (Phi) is 4.17. The maximum atomic E-state index is 5.93. The van der Waals surface area contributed by atoms with E-state index in [9.17, 15) is 0 Å². The molecule has 0 aliphatic carbocycles. The first-order valence-electron chi connectivity index (χ1n) is 6.16. The second-order valence-corrected chi connectivity index (χ2v) is 4.00. The molecule has 0 radical (unpaired) electrons. The van der Waals surface area contributed by atoms with Crippen LogP contribution >= 0.6 is 0 Å². The Balaban J connectivity index is 1.96. The number of ether oxygens (including phenoxy) is 1. The van der Waals surface area contributed by atoms with Crippen LogP contribution in [-0.2, 0) is 13.5 Å². The molecule has 0 atom stereocenters. The van der Waals surface area contributed by atoms with Gasteiger partial charge in [-0.15, -0.1) is 0 Å². The van der Waals surface area contributed by atoms with Crippen molar-refractivity contribution in [1.82, 2.24) is 19.7 Å². The van der Waals surface area contributed by atoms with Crippen LogP contribution in [0.25, 0.3) is 0 Å². The smallest absolute Gasteiger partial charge is 0.242 e. The van der Waals surface area contributed by atoms with Gasteiger partial charge in [0.2, 0.25) is 5.88 Å². The number of nitrogens with two attached hydrogens (primary N) is 1. The molecule has 3 N–H and O–H groups in total. The van der Waals surface area contributed by atoms with Gasteiger partial charge in [0.05, 0.1) is 6.61 Å². The van der Waals surface area contributed by atoms with Gasteiger partial charge in [-0.05, 0) is 13.0 Å². The van der Waals surface area contributed by atoms with Gasteiger partial charge in [-0.25, -0.2) is 4.98 Å². The number of aryl methyl sites for hydroxylation is 1. The first kappa shape index (κ1) is 13.1. The lowest BCUT2D eigenvalue weighted by Crippen LogP contribution is -2.12. The summed E-state index contributed by atoms with van der Waals surface area (Å²) in [6.07, 6.45) is 4.05. The normalized spacial score (nSPS) is 10.4. The summed E-state index contributed by atoms with van der Waals surface area (Å²) in [6.45, 7) is 3.12. The molecule has 2 aromatic rings. The van der Waals surface area contributed by atoms with Gasteiger partial charge in [0, 0.05) is 31.9 Å². The van der Waals surface area contributed by atoms with Gasteiger partial charge in [-0.3, -0.25) is 4.68 Å². The summed E-state index contributed by atoms with van der Waals surface area (Å²) in [5.41, 5.74) is 7.51. The van der Waals surface area contributed by atoms with Crippen LogP contribution in [0, 0.1) is 0 Å². The van der Waals surface area contributed by atoms with E-state index in [0.717, 1.165) is 12.1 Å². The van der Waals surface area contributed by atoms with E-state index >= 15 is 0 Å². The van der Waals surface area contributed by atoms with Gasteiger partial charge in [-0.1, -0.05) is 0 Å². The molecule has 7 heteroatoms. The monoisotopic (exact) mass is 262 g/mol. The molecule has 2 rings (SSSR count). The van der Waals surface area contributed by atoms with Crippen LogP contribution in [0.4, 0.5) is 11.5 Å². The molecule has 0 aliphatic heterocycles. The van der Waals surface area contributed by atoms with Gasteiger partial charge in [0.1, 0.15) is 12.0 Å². The number of aromatic nitrogens is 4. The van der Waals surface area contributed by atoms with Crippen LogP contribution < -0.4 is 15.8 Å². The minimum atomic E-state index is 0.417. The standard InChI is InChI=1S/C12H18N6O/c1-3-19-12-10(13)11(15-8-16-12)14-6-4-9-5-7-17-18(9)2/h5,7-8H,3-4,6,13H2,1-2H3,(H,14,15,16). The summed E-state index contributed by atoms with van der Waals surface area (Å²) in [6, 6.07) is 1.98. The fourth-order valence-corrected chi connectivity index (χ4v) is 1.73. The molecule has 102 valence electrons. The molecule has 0 saturated heterocycles. The Labute approximate surface area is 111 Å². The van der Waals surface area contributed by atoms with Crippen molar-refractivity contribution in [1.29, 1.82) is 0 Å². The van der Waals surface area contributed by atoms with Crippen LogP contribution in [0.5, 0.6) is 5.88 Å². The molecule has 2 heterocycles. The number of rotatable bonds is 6. The number of hydrogen-bond donors (Lipinski definition) is 2. The van der Waals surface area contributed by atoms with Crippen molar-refractivity contribution >= 4 is 11.5 Å². The first-order valence-corrected chi connectivity index (χ1v) is 6.16. The van der Waals surface area contributed by atoms with Crippen molar-refractivity contribution in [3.05, 3.63) is 24.3 Å². The van der Waals surface area contributed by atoms with Gasteiger partial charge < -0.3 is 15.8 Å². The van der Waals surface area contributed by atoms with E-state index in [2.05, 4.69) is 20.4 Å². The Morgan fingerprint density at radius 2 is 2.26 bits per heavy atom. The zero-order chi connectivity index (χ0) is 13.7. The topological polar surface area (TPSA) is 90.9 Å². The summed E-state index contributed by atoms with van der Waals surface area (Å²) in [7, 11) is 1.92. The Morgan fingerprint density at radius 3 is 2.95 bits per heavy atom. The molecule has 0 spiro atoms. The van der Waals surface area contributed by atoms with Crippen molar-refractivity contribution < 1.29 is 4.74 Å². The summed E-state index contributed by atoms with van der Waals surface area (Å²) >= 11 is 0. The van der Waals surface area contributed by atoms with Crippen molar-refractivity contribution in [2.75, 3.05) is 24.2 Å². The van der Waals surface area contributed by atoms with Crippen LogP contribution in [0.1, 0.15) is 12.6 Å². The first-order chi connectivity index (χ1) is 9.22. The maximum Gasteiger partial charge on any atom is 0.242 e. The molecule has 0 amide bonds. The van der Waals surface area contributed by atoms with Crippen molar-refractivity contribution in [3.8, 4) is 5.88 Å². The average molecular weight is 262 g/mol. The van der Waals surface area contributed by atoms with Crippen molar-refractivity contribution in [2.24, 2.45) is 7.05 Å². The van der Waals surface area contributed by atoms with Gasteiger partial charge in [0.25, 0.3) is 0 Å². The zero-order valence-corrected chi connectivity index (χ0v) is 11.1. The quantitative estimate of drug-likeness (QED) is 0.802. The molecule has 2 aromatic heterocycles. The second-order valence-electron chi connectivity index (χ2n) is 4.00. The minimum Gasteiger partial charge on any atom is -0.476 e. The van der Waals surface area contributed by atoms with Crippen LogP contribution in [0.2, 0.25) is 0 Å². The summed E-state index contributed by atoms with van der Waals surface area (Å²) in [4.78, 5) is 8.10. The molecule has 0 aliphatic rings. The fraction of sp³-hybridized carbons (Fsp3) is 0.417. The molecule has 0 bridgehead atoms. The predicted octanol–water partition coefficient (Wildman–Crippen LogP) is 0.846. The Hall–Kier alpha value is -2.31. The lowest BCUT2D eigenvalue weighted by molar-refractivity contribution is 0.328. The van der Waals surface area contributed by atoms with Gasteiger partial charge >= 0.3 is 0 Å². The van der Waals surface area contributed by atoms with Crippen LogP contribution in [0.3, 0.4) is 0 Å². The molecular formula is C12H18N6O. The van der Waals surface area contributed by atoms with E-state index in [0.29, 0.717) is 30.5 Å². The number of anilines is 2. The highest BCUT2D eigenvalue weighted by Crippen LogP contribution is 2.24. The van der Waals surface area contributed by atoms with E-state index in [1.807, 2.05) is 24.7 Å². The molecular weight excluding hydrogens is 244 g/mol. The van der Waals surface area contributed by atoms with Gasteiger partial charge in [-0.2, -0.15) is 10.1 Å². The molecule has 7 nitrogen and oxygen atoms in total. The maximum absolute atomic E-state index is 5.93. The van der Waals surface area contributed by atoms with E-state index < -0.39 is 0 Å². The predicted molar refractivity (Wildman–Crippen MR) is 73.0 cm³/mol. The number of hydrogen-bond acceptors (Lipinski definition) is 6. The summed E-state index contributed by atoms with van der Waals surface area (Å²) < 4.78 is 7.16. The second kappa shape index (κ2) is 6.03. The highest BCUT2D eigenvalue weighted by Gasteiger charge is 2.08. The number of nitrogens with one attached hydrogen (secondary N) is 1. The molecule has 0 aromatic carbocycles. The lowest BCUT2D eigenvalue weighted by Gasteiger charge is -2.10. The Bertz CT molecular complexity index is 539. The largest absolute Gasteiger partial charge is 0.476 e. The van der Waals surface area contributed by atoms with E-state index in [4.69, 9.17) is 10.5 Å². The van der Waals surface area contributed by atoms with Crippen LogP contribution in [0.15, 0.2) is 18.6 Å². The SMILES string of the molecule is CCOc1ncnc(NCCc2ccnn2C)c1N. The third-order valence-corrected chi connectivity index (χ3v) is 2.72.